The molecular formula is C20H21NO4. The van der Waals surface area contributed by atoms with Crippen molar-refractivity contribution in [2.75, 3.05) is 20.3 Å². The Kier molecular flexibility index (Phi) is 5.33. The Balaban J connectivity index is 1.45. The maximum absolute atomic E-state index is 12.1. The topological polar surface area (TPSA) is 64.6 Å². The van der Waals surface area contributed by atoms with Crippen LogP contribution in [0.1, 0.15) is 27.9 Å². The first kappa shape index (κ1) is 17.0. The highest BCUT2D eigenvalue weighted by molar-refractivity contribution is 5.99. The molecule has 0 bridgehead atoms. The lowest BCUT2D eigenvalue weighted by molar-refractivity contribution is -0.120. The second-order valence-corrected chi connectivity index (χ2v) is 5.97. The van der Waals surface area contributed by atoms with Crippen LogP contribution in [0.5, 0.6) is 11.5 Å². The van der Waals surface area contributed by atoms with Gasteiger partial charge in [-0.05, 0) is 47.9 Å². The third-order valence-electron chi connectivity index (χ3n) is 4.25. The Morgan fingerprint density at radius 2 is 1.96 bits per heavy atom. The zero-order valence-corrected chi connectivity index (χ0v) is 14.2. The van der Waals surface area contributed by atoms with Crippen molar-refractivity contribution in [3.05, 3.63) is 59.2 Å². The summed E-state index contributed by atoms with van der Waals surface area (Å²) >= 11 is 0. The third-order valence-corrected chi connectivity index (χ3v) is 4.25. The van der Waals surface area contributed by atoms with Crippen molar-refractivity contribution < 1.29 is 19.1 Å². The van der Waals surface area contributed by atoms with Gasteiger partial charge in [-0.25, -0.2) is 0 Å². The van der Waals surface area contributed by atoms with Crippen LogP contribution in [-0.4, -0.2) is 32.0 Å². The Morgan fingerprint density at radius 3 is 2.72 bits per heavy atom. The molecule has 0 saturated heterocycles. The first-order valence-corrected chi connectivity index (χ1v) is 8.34. The van der Waals surface area contributed by atoms with Crippen LogP contribution >= 0.6 is 0 Å². The summed E-state index contributed by atoms with van der Waals surface area (Å²) in [7, 11) is 1.57. The third kappa shape index (κ3) is 4.38. The van der Waals surface area contributed by atoms with E-state index in [2.05, 4.69) is 11.4 Å². The van der Waals surface area contributed by atoms with E-state index >= 15 is 0 Å². The summed E-state index contributed by atoms with van der Waals surface area (Å²) in [6.07, 6.45) is 1.93. The van der Waals surface area contributed by atoms with Gasteiger partial charge in [0.2, 0.25) is 5.91 Å². The molecule has 25 heavy (non-hydrogen) atoms. The van der Waals surface area contributed by atoms with E-state index in [-0.39, 0.29) is 18.2 Å². The summed E-state index contributed by atoms with van der Waals surface area (Å²) in [6.45, 7) is 0.732. The molecule has 0 radical (unpaired) electrons. The zero-order valence-electron chi connectivity index (χ0n) is 14.2. The van der Waals surface area contributed by atoms with Crippen molar-refractivity contribution in [2.45, 2.75) is 19.3 Å². The van der Waals surface area contributed by atoms with Gasteiger partial charge in [-0.3, -0.25) is 9.59 Å². The van der Waals surface area contributed by atoms with Gasteiger partial charge in [0.25, 0.3) is 0 Å². The fraction of sp³-hybridized carbons (Fsp3) is 0.300. The fourth-order valence-corrected chi connectivity index (χ4v) is 2.80. The first-order valence-electron chi connectivity index (χ1n) is 8.34. The van der Waals surface area contributed by atoms with E-state index < -0.39 is 0 Å². The van der Waals surface area contributed by atoms with Crippen LogP contribution < -0.4 is 14.8 Å². The van der Waals surface area contributed by atoms with Gasteiger partial charge in [0.1, 0.15) is 11.5 Å². The van der Waals surface area contributed by atoms with Crippen LogP contribution in [0, 0.1) is 0 Å². The molecule has 0 unspecified atom stereocenters. The molecule has 0 aliphatic carbocycles. The number of ether oxygens (including phenoxy) is 2. The lowest BCUT2D eigenvalue weighted by Gasteiger charge is -2.07. The Hall–Kier alpha value is -2.82. The van der Waals surface area contributed by atoms with Gasteiger partial charge in [0, 0.05) is 18.4 Å². The minimum absolute atomic E-state index is 0.00316. The summed E-state index contributed by atoms with van der Waals surface area (Å²) in [5, 5.41) is 2.69. The number of carbonyl (C=O) groups excluding carboxylic acids is 2. The van der Waals surface area contributed by atoms with Crippen molar-refractivity contribution in [1.29, 1.82) is 0 Å². The van der Waals surface area contributed by atoms with Crippen molar-refractivity contribution in [3.63, 3.8) is 0 Å². The number of rotatable bonds is 7. The lowest BCUT2D eigenvalue weighted by atomic mass is 10.0. The molecule has 1 aliphatic rings. The number of carbonyl (C=O) groups is 2. The highest BCUT2D eigenvalue weighted by Crippen LogP contribution is 2.26. The molecule has 5 heteroatoms. The quantitative estimate of drug-likeness (QED) is 0.788. The molecule has 1 aliphatic heterocycles. The van der Waals surface area contributed by atoms with Crippen LogP contribution in [-0.2, 0) is 17.6 Å². The van der Waals surface area contributed by atoms with E-state index in [1.807, 2.05) is 12.1 Å². The molecule has 130 valence electrons. The highest BCUT2D eigenvalue weighted by atomic mass is 16.5. The number of aryl methyl sites for hydroxylation is 1. The second-order valence-electron chi connectivity index (χ2n) is 5.97. The average Bonchev–Trinajstić information content (AvgIpc) is 3.12. The number of fused-ring (bicyclic) bond motifs is 1. The molecule has 2 aromatic rings. The van der Waals surface area contributed by atoms with Crippen molar-refractivity contribution in [2.24, 2.45) is 0 Å². The van der Waals surface area contributed by atoms with Crippen LogP contribution in [0.2, 0.25) is 0 Å². The summed E-state index contributed by atoms with van der Waals surface area (Å²) in [6, 6.07) is 12.9. The van der Waals surface area contributed by atoms with E-state index in [1.165, 1.54) is 5.56 Å². The maximum atomic E-state index is 12.1. The van der Waals surface area contributed by atoms with E-state index in [4.69, 9.17) is 9.47 Å². The molecule has 0 fully saturated rings. The molecule has 2 aromatic carbocycles. The number of methoxy groups -OCH3 is 1. The van der Waals surface area contributed by atoms with Crippen LogP contribution in [0.15, 0.2) is 42.5 Å². The average molecular weight is 339 g/mol. The number of hydrogen-bond acceptors (Lipinski definition) is 4. The SMILES string of the molecule is COc1ccc(C(=O)CNC(=O)CCc2ccc3c(c2)CCO3)cc1. The Labute approximate surface area is 147 Å². The molecule has 1 heterocycles. The van der Waals surface area contributed by atoms with Crippen molar-refractivity contribution >= 4 is 11.7 Å². The number of hydrogen-bond donors (Lipinski definition) is 1. The molecule has 3 rings (SSSR count). The van der Waals surface area contributed by atoms with E-state index in [1.54, 1.807) is 31.4 Å². The molecule has 0 saturated carbocycles. The smallest absolute Gasteiger partial charge is 0.220 e. The van der Waals surface area contributed by atoms with Gasteiger partial charge in [-0.15, -0.1) is 0 Å². The molecule has 0 atom stereocenters. The number of Topliss-reactive ketones (excluding diaryl/α,β-unsaturated/α-hetero) is 1. The monoisotopic (exact) mass is 339 g/mol. The number of nitrogens with one attached hydrogen (secondary N) is 1. The first-order chi connectivity index (χ1) is 12.2. The normalized spacial score (nSPS) is 12.2. The largest absolute Gasteiger partial charge is 0.497 e. The zero-order chi connectivity index (χ0) is 17.6. The summed E-state index contributed by atoms with van der Waals surface area (Å²) in [5.41, 5.74) is 2.87. The molecule has 1 amide bonds. The minimum atomic E-state index is -0.126. The van der Waals surface area contributed by atoms with E-state index in [9.17, 15) is 9.59 Å². The van der Waals surface area contributed by atoms with Crippen LogP contribution in [0.25, 0.3) is 0 Å². The Morgan fingerprint density at radius 1 is 1.16 bits per heavy atom. The molecular weight excluding hydrogens is 318 g/mol. The minimum Gasteiger partial charge on any atom is -0.497 e. The van der Waals surface area contributed by atoms with Crippen LogP contribution in [0.3, 0.4) is 0 Å². The fourth-order valence-electron chi connectivity index (χ4n) is 2.80. The number of amides is 1. The predicted octanol–water partition coefficient (Wildman–Crippen LogP) is 2.56. The van der Waals surface area contributed by atoms with Gasteiger partial charge >= 0.3 is 0 Å². The van der Waals surface area contributed by atoms with Gasteiger partial charge in [0.05, 0.1) is 20.3 Å². The standard InChI is InChI=1S/C20H21NO4/c1-24-17-6-4-15(5-7-17)18(22)13-21-20(23)9-3-14-2-8-19-16(12-14)10-11-25-19/h2,4-8,12H,3,9-11,13H2,1H3,(H,21,23). The van der Waals surface area contributed by atoms with Gasteiger partial charge in [0.15, 0.2) is 5.78 Å². The Bertz CT molecular complexity index is 768. The van der Waals surface area contributed by atoms with Gasteiger partial charge in [-0.1, -0.05) is 12.1 Å². The number of benzene rings is 2. The molecule has 5 nitrogen and oxygen atoms in total. The van der Waals surface area contributed by atoms with Crippen molar-refractivity contribution in [1.82, 2.24) is 5.32 Å². The predicted molar refractivity (Wildman–Crippen MR) is 94.3 cm³/mol. The van der Waals surface area contributed by atoms with Gasteiger partial charge < -0.3 is 14.8 Å². The summed E-state index contributed by atoms with van der Waals surface area (Å²) < 4.78 is 10.5. The summed E-state index contributed by atoms with van der Waals surface area (Å²) in [5.74, 6) is 1.39. The van der Waals surface area contributed by atoms with Gasteiger partial charge in [-0.2, -0.15) is 0 Å². The lowest BCUT2D eigenvalue weighted by Crippen LogP contribution is -2.29. The maximum Gasteiger partial charge on any atom is 0.220 e. The van der Waals surface area contributed by atoms with E-state index in [0.717, 1.165) is 24.3 Å². The van der Waals surface area contributed by atoms with Crippen LogP contribution in [0.4, 0.5) is 0 Å². The highest BCUT2D eigenvalue weighted by Gasteiger charge is 2.13. The van der Waals surface area contributed by atoms with Crippen molar-refractivity contribution in [3.8, 4) is 11.5 Å². The second kappa shape index (κ2) is 7.83. The molecule has 0 aromatic heterocycles. The number of ketones is 1. The molecule has 1 N–H and O–H groups in total. The molecule has 0 spiro atoms. The van der Waals surface area contributed by atoms with E-state index in [0.29, 0.717) is 24.2 Å². The summed E-state index contributed by atoms with van der Waals surface area (Å²) in [4.78, 5) is 24.1.